The fraction of sp³-hybridized carbons (Fsp3) is 0.462. The molecule has 0 aliphatic carbocycles. The highest BCUT2D eigenvalue weighted by Gasteiger charge is 2.33. The van der Waals surface area contributed by atoms with Gasteiger partial charge in [-0.3, -0.25) is 9.69 Å². The largest absolute Gasteiger partial charge is 0.417 e. The fourth-order valence-corrected chi connectivity index (χ4v) is 2.21. The molecular formula is C13H14ClF3N2O2. The summed E-state index contributed by atoms with van der Waals surface area (Å²) in [6, 6.07) is 3.29. The average molecular weight is 323 g/mol. The normalized spacial score (nSPS) is 16.8. The lowest BCUT2D eigenvalue weighted by Crippen LogP contribution is -2.41. The maximum Gasteiger partial charge on any atom is 0.417 e. The van der Waals surface area contributed by atoms with Gasteiger partial charge in [-0.15, -0.1) is 0 Å². The zero-order valence-corrected chi connectivity index (χ0v) is 11.8. The van der Waals surface area contributed by atoms with Crippen LogP contribution in [0.25, 0.3) is 0 Å². The molecule has 116 valence electrons. The van der Waals surface area contributed by atoms with Gasteiger partial charge in [0, 0.05) is 18.8 Å². The molecule has 2 rings (SSSR count). The monoisotopic (exact) mass is 322 g/mol. The molecule has 0 aromatic heterocycles. The third kappa shape index (κ3) is 4.59. The topological polar surface area (TPSA) is 41.6 Å². The Morgan fingerprint density at radius 2 is 2.00 bits per heavy atom. The minimum Gasteiger partial charge on any atom is -0.379 e. The molecule has 8 heteroatoms. The first-order chi connectivity index (χ1) is 9.86. The molecule has 0 saturated carbocycles. The number of ether oxygens (including phenoxy) is 1. The van der Waals surface area contributed by atoms with Crippen LogP contribution in [0.15, 0.2) is 18.2 Å². The second-order valence-corrected chi connectivity index (χ2v) is 5.04. The van der Waals surface area contributed by atoms with Crippen molar-refractivity contribution in [2.75, 3.05) is 38.2 Å². The van der Waals surface area contributed by atoms with Crippen molar-refractivity contribution in [3.8, 4) is 0 Å². The molecule has 1 fully saturated rings. The van der Waals surface area contributed by atoms with Crippen LogP contribution in [-0.2, 0) is 15.7 Å². The Balaban J connectivity index is 2.00. The summed E-state index contributed by atoms with van der Waals surface area (Å²) in [7, 11) is 0. The highest BCUT2D eigenvalue weighted by Crippen LogP contribution is 2.36. The molecule has 1 aromatic carbocycles. The van der Waals surface area contributed by atoms with Gasteiger partial charge in [0.05, 0.1) is 30.3 Å². The van der Waals surface area contributed by atoms with Crippen molar-refractivity contribution in [3.05, 3.63) is 28.8 Å². The van der Waals surface area contributed by atoms with Crippen LogP contribution in [0.3, 0.4) is 0 Å². The summed E-state index contributed by atoms with van der Waals surface area (Å²) in [5.41, 5.74) is -0.890. The molecule has 21 heavy (non-hydrogen) atoms. The third-order valence-electron chi connectivity index (χ3n) is 3.03. The van der Waals surface area contributed by atoms with Gasteiger partial charge in [-0.1, -0.05) is 11.6 Å². The number of amides is 1. The fourth-order valence-electron chi connectivity index (χ4n) is 1.98. The molecule has 1 aromatic rings. The van der Waals surface area contributed by atoms with E-state index in [0.717, 1.165) is 12.1 Å². The van der Waals surface area contributed by atoms with Gasteiger partial charge in [0.25, 0.3) is 0 Å². The number of nitrogens with zero attached hydrogens (tertiary/aromatic N) is 1. The molecule has 1 heterocycles. The Bertz CT molecular complexity index is 517. The summed E-state index contributed by atoms with van der Waals surface area (Å²) in [4.78, 5) is 13.7. The summed E-state index contributed by atoms with van der Waals surface area (Å²) in [5, 5.41) is 2.05. The SMILES string of the molecule is O=C(CN1CCOCC1)Nc1ccc(Cl)c(C(F)(F)F)c1. The smallest absolute Gasteiger partial charge is 0.379 e. The quantitative estimate of drug-likeness (QED) is 0.930. The second-order valence-electron chi connectivity index (χ2n) is 4.63. The molecule has 0 atom stereocenters. The first-order valence-electron chi connectivity index (χ1n) is 6.33. The Labute approximate surface area is 124 Å². The van der Waals surface area contributed by atoms with Crippen LogP contribution in [0.1, 0.15) is 5.56 Å². The molecule has 1 amide bonds. The van der Waals surface area contributed by atoms with Crippen molar-refractivity contribution in [1.82, 2.24) is 4.90 Å². The summed E-state index contributed by atoms with van der Waals surface area (Å²) in [6.45, 7) is 2.47. The zero-order chi connectivity index (χ0) is 15.5. The number of anilines is 1. The number of benzene rings is 1. The molecule has 1 saturated heterocycles. The van der Waals surface area contributed by atoms with Crippen LogP contribution in [0.4, 0.5) is 18.9 Å². The van der Waals surface area contributed by atoms with Crippen molar-refractivity contribution in [1.29, 1.82) is 0 Å². The average Bonchev–Trinajstić information content (AvgIpc) is 2.41. The van der Waals surface area contributed by atoms with Crippen LogP contribution in [0.2, 0.25) is 5.02 Å². The van der Waals surface area contributed by atoms with Crippen LogP contribution in [0, 0.1) is 0 Å². The Morgan fingerprint density at radius 3 is 2.62 bits per heavy atom. The number of morpholine rings is 1. The summed E-state index contributed by atoms with van der Waals surface area (Å²) >= 11 is 5.52. The summed E-state index contributed by atoms with van der Waals surface area (Å²) in [5.74, 6) is -0.368. The van der Waals surface area contributed by atoms with E-state index in [0.29, 0.717) is 26.3 Å². The van der Waals surface area contributed by atoms with Crippen LogP contribution < -0.4 is 5.32 Å². The van der Waals surface area contributed by atoms with E-state index in [1.165, 1.54) is 6.07 Å². The molecule has 1 N–H and O–H groups in total. The lowest BCUT2D eigenvalue weighted by Gasteiger charge is -2.25. The molecule has 1 aliphatic heterocycles. The summed E-state index contributed by atoms with van der Waals surface area (Å²) < 4.78 is 43.3. The minimum absolute atomic E-state index is 0.0741. The number of carbonyl (C=O) groups is 1. The van der Waals surface area contributed by atoms with Gasteiger partial charge in [0.2, 0.25) is 5.91 Å². The van der Waals surface area contributed by atoms with Gasteiger partial charge in [-0.25, -0.2) is 0 Å². The van der Waals surface area contributed by atoms with Gasteiger partial charge < -0.3 is 10.1 Å². The van der Waals surface area contributed by atoms with Crippen molar-refractivity contribution in [2.45, 2.75) is 6.18 Å². The van der Waals surface area contributed by atoms with E-state index in [2.05, 4.69) is 5.32 Å². The van der Waals surface area contributed by atoms with Gasteiger partial charge in [-0.2, -0.15) is 13.2 Å². The first-order valence-corrected chi connectivity index (χ1v) is 6.71. The van der Waals surface area contributed by atoms with Gasteiger partial charge in [-0.05, 0) is 18.2 Å². The summed E-state index contributed by atoms with van der Waals surface area (Å²) in [6.07, 6.45) is -4.55. The predicted octanol–water partition coefficient (Wildman–Crippen LogP) is 2.63. The van der Waals surface area contributed by atoms with Crippen LogP contribution in [0.5, 0.6) is 0 Å². The van der Waals surface area contributed by atoms with Crippen molar-refractivity contribution < 1.29 is 22.7 Å². The van der Waals surface area contributed by atoms with Crippen molar-refractivity contribution >= 4 is 23.2 Å². The lowest BCUT2D eigenvalue weighted by molar-refractivity contribution is -0.137. The number of alkyl halides is 3. The standard InChI is InChI=1S/C13H14ClF3N2O2/c14-11-2-1-9(7-10(11)13(15,16)17)18-12(20)8-19-3-5-21-6-4-19/h1-2,7H,3-6,8H2,(H,18,20). The molecule has 0 bridgehead atoms. The van der Waals surface area contributed by atoms with E-state index in [1.54, 1.807) is 0 Å². The van der Waals surface area contributed by atoms with E-state index in [1.807, 2.05) is 4.90 Å². The highest BCUT2D eigenvalue weighted by molar-refractivity contribution is 6.31. The lowest BCUT2D eigenvalue weighted by atomic mass is 10.2. The number of carbonyl (C=O) groups excluding carboxylic acids is 1. The number of nitrogens with one attached hydrogen (secondary N) is 1. The molecule has 0 unspecified atom stereocenters. The van der Waals surface area contributed by atoms with Gasteiger partial charge in [0.15, 0.2) is 0 Å². The van der Waals surface area contributed by atoms with Crippen LogP contribution in [-0.4, -0.2) is 43.7 Å². The van der Waals surface area contributed by atoms with E-state index >= 15 is 0 Å². The first kappa shape index (κ1) is 16.1. The van der Waals surface area contributed by atoms with Crippen molar-refractivity contribution in [3.63, 3.8) is 0 Å². The van der Waals surface area contributed by atoms with E-state index in [-0.39, 0.29) is 18.1 Å². The van der Waals surface area contributed by atoms with Crippen molar-refractivity contribution in [2.24, 2.45) is 0 Å². The molecule has 1 aliphatic rings. The molecular weight excluding hydrogens is 309 g/mol. The Hall–Kier alpha value is -1.31. The van der Waals surface area contributed by atoms with E-state index < -0.39 is 16.8 Å². The van der Waals surface area contributed by atoms with Gasteiger partial charge >= 0.3 is 6.18 Å². The number of rotatable bonds is 3. The molecule has 4 nitrogen and oxygen atoms in total. The molecule has 0 radical (unpaired) electrons. The minimum atomic E-state index is -4.55. The third-order valence-corrected chi connectivity index (χ3v) is 3.36. The number of hydrogen-bond acceptors (Lipinski definition) is 3. The maximum absolute atomic E-state index is 12.7. The van der Waals surface area contributed by atoms with Gasteiger partial charge in [0.1, 0.15) is 0 Å². The number of halogens is 4. The second kappa shape index (κ2) is 6.64. The Kier molecular flexibility index (Phi) is 5.08. The predicted molar refractivity (Wildman–Crippen MR) is 72.3 cm³/mol. The highest BCUT2D eigenvalue weighted by atomic mass is 35.5. The van der Waals surface area contributed by atoms with Crippen LogP contribution >= 0.6 is 11.6 Å². The van der Waals surface area contributed by atoms with E-state index in [9.17, 15) is 18.0 Å². The van der Waals surface area contributed by atoms with E-state index in [4.69, 9.17) is 16.3 Å². The maximum atomic E-state index is 12.7. The number of hydrogen-bond donors (Lipinski definition) is 1. The Morgan fingerprint density at radius 1 is 1.33 bits per heavy atom. The molecule has 0 spiro atoms. The zero-order valence-electron chi connectivity index (χ0n) is 11.0.